The Labute approximate surface area is 218 Å². The molecule has 2 unspecified atom stereocenters. The number of morpholine rings is 1. The standard InChI is InChI=1S/C26H27BrN4O3S/c1-29-25(32)22-15-20-19-14-17(27)4-7-21(19)28-23(20)24(31(22)26(29)35)16-2-5-18(6-3-16)34-13-10-30-8-11-33-12-9-30/h2-7,14,22,24,28H,8-13,15H2,1H3. The van der Waals surface area contributed by atoms with E-state index in [1.165, 1.54) is 5.56 Å². The zero-order valence-corrected chi connectivity index (χ0v) is 21.9. The molecule has 0 spiro atoms. The van der Waals surface area contributed by atoms with Gasteiger partial charge in [0.25, 0.3) is 5.91 Å². The number of ether oxygens (including phenoxy) is 2. The number of aromatic amines is 1. The van der Waals surface area contributed by atoms with Gasteiger partial charge in [0, 0.05) is 54.2 Å². The molecule has 2 fully saturated rings. The predicted octanol–water partition coefficient (Wildman–Crippen LogP) is 3.71. The Hall–Kier alpha value is -2.46. The van der Waals surface area contributed by atoms with Crippen LogP contribution in [0.5, 0.6) is 5.75 Å². The van der Waals surface area contributed by atoms with E-state index in [0.717, 1.165) is 65.2 Å². The zero-order chi connectivity index (χ0) is 24.1. The maximum atomic E-state index is 13.1. The van der Waals surface area contributed by atoms with E-state index in [1.54, 1.807) is 11.9 Å². The van der Waals surface area contributed by atoms with E-state index in [9.17, 15) is 4.79 Å². The minimum Gasteiger partial charge on any atom is -0.492 e. The van der Waals surface area contributed by atoms with Crippen LogP contribution in [0.25, 0.3) is 10.9 Å². The maximum absolute atomic E-state index is 13.1. The number of hydrogen-bond donors (Lipinski definition) is 1. The van der Waals surface area contributed by atoms with Crippen molar-refractivity contribution < 1.29 is 14.3 Å². The monoisotopic (exact) mass is 554 g/mol. The first-order valence-corrected chi connectivity index (χ1v) is 13.1. The molecule has 0 aliphatic carbocycles. The number of hydrogen-bond acceptors (Lipinski definition) is 5. The van der Waals surface area contributed by atoms with Crippen LogP contribution in [0.1, 0.15) is 22.9 Å². The number of nitrogens with zero attached hydrogens (tertiary/aromatic N) is 3. The molecule has 0 saturated carbocycles. The number of amides is 1. The number of carbonyl (C=O) groups is 1. The maximum Gasteiger partial charge on any atom is 0.251 e. The molecule has 1 N–H and O–H groups in total. The Balaban J connectivity index is 1.30. The highest BCUT2D eigenvalue weighted by atomic mass is 79.9. The molecule has 2 saturated heterocycles. The summed E-state index contributed by atoms with van der Waals surface area (Å²) in [6, 6.07) is 14.0. The molecule has 0 radical (unpaired) electrons. The average Bonchev–Trinajstić information content (AvgIpc) is 3.34. The van der Waals surface area contributed by atoms with Gasteiger partial charge in [-0.3, -0.25) is 14.6 Å². The summed E-state index contributed by atoms with van der Waals surface area (Å²) in [7, 11) is 1.77. The van der Waals surface area contributed by atoms with Crippen molar-refractivity contribution >= 4 is 50.1 Å². The van der Waals surface area contributed by atoms with Crippen LogP contribution in [0.2, 0.25) is 0 Å². The van der Waals surface area contributed by atoms with Crippen LogP contribution in [0, 0.1) is 0 Å². The number of thiocarbonyl (C=S) groups is 1. The second-order valence-corrected chi connectivity index (χ2v) is 10.6. The van der Waals surface area contributed by atoms with Crippen molar-refractivity contribution in [2.24, 2.45) is 0 Å². The van der Waals surface area contributed by atoms with Gasteiger partial charge < -0.3 is 19.4 Å². The molecule has 3 aromatic rings. The lowest BCUT2D eigenvalue weighted by Gasteiger charge is -2.37. The first-order chi connectivity index (χ1) is 17.0. The second-order valence-electron chi connectivity index (χ2n) is 9.29. The number of fused-ring (bicyclic) bond motifs is 4. The lowest BCUT2D eigenvalue weighted by Crippen LogP contribution is -2.44. The summed E-state index contributed by atoms with van der Waals surface area (Å²) in [6.45, 7) is 5.02. The Kier molecular flexibility index (Phi) is 6.04. The second kappa shape index (κ2) is 9.20. The molecule has 6 rings (SSSR count). The molecule has 4 heterocycles. The van der Waals surface area contributed by atoms with E-state index < -0.39 is 0 Å². The van der Waals surface area contributed by atoms with Gasteiger partial charge in [-0.1, -0.05) is 28.1 Å². The van der Waals surface area contributed by atoms with E-state index in [2.05, 4.69) is 55.0 Å². The summed E-state index contributed by atoms with van der Waals surface area (Å²) in [5, 5.41) is 1.72. The summed E-state index contributed by atoms with van der Waals surface area (Å²) >= 11 is 9.34. The minimum absolute atomic E-state index is 0.0538. The smallest absolute Gasteiger partial charge is 0.251 e. The fourth-order valence-electron chi connectivity index (χ4n) is 5.44. The number of benzene rings is 2. The Bertz CT molecular complexity index is 1290. The number of nitrogens with one attached hydrogen (secondary N) is 1. The third-order valence-electron chi connectivity index (χ3n) is 7.29. The normalized spacial score (nSPS) is 22.6. The fourth-order valence-corrected chi connectivity index (χ4v) is 6.12. The van der Waals surface area contributed by atoms with Gasteiger partial charge in [0.2, 0.25) is 0 Å². The third kappa shape index (κ3) is 4.04. The van der Waals surface area contributed by atoms with Crippen LogP contribution >= 0.6 is 28.1 Å². The molecule has 35 heavy (non-hydrogen) atoms. The highest BCUT2D eigenvalue weighted by Crippen LogP contribution is 2.44. The summed E-state index contributed by atoms with van der Waals surface area (Å²) in [5.74, 6) is 0.894. The number of likely N-dealkylation sites (N-methyl/N-ethyl adjacent to an activating group) is 1. The number of rotatable bonds is 5. The SMILES string of the molecule is CN1C(=O)C2Cc3c([nH]c4ccc(Br)cc34)C(c3ccc(OCCN4CCOCC4)cc3)N2C1=S. The quantitative estimate of drug-likeness (QED) is 0.485. The van der Waals surface area contributed by atoms with E-state index in [4.69, 9.17) is 21.7 Å². The molecule has 2 aromatic carbocycles. The molecule has 1 aromatic heterocycles. The van der Waals surface area contributed by atoms with Crippen LogP contribution in [-0.2, 0) is 16.0 Å². The van der Waals surface area contributed by atoms with Gasteiger partial charge in [-0.25, -0.2) is 0 Å². The Morgan fingerprint density at radius 2 is 1.94 bits per heavy atom. The molecule has 2 atom stereocenters. The largest absolute Gasteiger partial charge is 0.492 e. The first-order valence-electron chi connectivity index (χ1n) is 11.9. The van der Waals surface area contributed by atoms with Gasteiger partial charge in [0.15, 0.2) is 5.11 Å². The summed E-state index contributed by atoms with van der Waals surface area (Å²) in [6.07, 6.45) is 0.633. The van der Waals surface area contributed by atoms with Gasteiger partial charge >= 0.3 is 0 Å². The van der Waals surface area contributed by atoms with Crippen LogP contribution in [0.15, 0.2) is 46.9 Å². The Morgan fingerprint density at radius 3 is 2.71 bits per heavy atom. The molecule has 7 nitrogen and oxygen atoms in total. The zero-order valence-electron chi connectivity index (χ0n) is 19.5. The van der Waals surface area contributed by atoms with Crippen LogP contribution in [0.3, 0.4) is 0 Å². The van der Waals surface area contributed by atoms with Gasteiger partial charge in [-0.15, -0.1) is 0 Å². The number of carbonyl (C=O) groups excluding carboxylic acids is 1. The van der Waals surface area contributed by atoms with Gasteiger partial charge in [-0.05, 0) is 53.7 Å². The first kappa shape index (κ1) is 23.0. The summed E-state index contributed by atoms with van der Waals surface area (Å²) in [4.78, 5) is 22.8. The molecular formula is C26H27BrN4O3S. The molecule has 0 bridgehead atoms. The Morgan fingerprint density at radius 1 is 1.17 bits per heavy atom. The number of H-pyrrole nitrogens is 1. The molecule has 3 aliphatic heterocycles. The number of aromatic nitrogens is 1. The summed E-state index contributed by atoms with van der Waals surface area (Å²) < 4.78 is 12.5. The van der Waals surface area contributed by atoms with Crippen molar-refractivity contribution in [2.45, 2.75) is 18.5 Å². The highest BCUT2D eigenvalue weighted by molar-refractivity contribution is 9.10. The van der Waals surface area contributed by atoms with Crippen molar-refractivity contribution in [1.29, 1.82) is 0 Å². The molecule has 3 aliphatic rings. The van der Waals surface area contributed by atoms with Gasteiger partial charge in [0.05, 0.1) is 19.3 Å². The van der Waals surface area contributed by atoms with Crippen molar-refractivity contribution in [2.75, 3.05) is 46.5 Å². The van der Waals surface area contributed by atoms with Crippen molar-refractivity contribution in [3.63, 3.8) is 0 Å². The fraction of sp³-hybridized carbons (Fsp3) is 0.385. The number of halogens is 1. The van der Waals surface area contributed by atoms with Crippen LogP contribution in [0.4, 0.5) is 0 Å². The lowest BCUT2D eigenvalue weighted by molar-refractivity contribution is -0.127. The van der Waals surface area contributed by atoms with E-state index in [1.807, 2.05) is 18.2 Å². The van der Waals surface area contributed by atoms with E-state index >= 15 is 0 Å². The minimum atomic E-state index is -0.299. The van der Waals surface area contributed by atoms with E-state index in [0.29, 0.717) is 18.1 Å². The van der Waals surface area contributed by atoms with Crippen molar-refractivity contribution in [3.05, 3.63) is 63.8 Å². The van der Waals surface area contributed by atoms with Gasteiger partial charge in [0.1, 0.15) is 18.4 Å². The molecule has 182 valence electrons. The lowest BCUT2D eigenvalue weighted by atomic mass is 9.89. The van der Waals surface area contributed by atoms with E-state index in [-0.39, 0.29) is 18.0 Å². The van der Waals surface area contributed by atoms with Crippen LogP contribution in [-0.4, -0.2) is 83.2 Å². The topological polar surface area (TPSA) is 61.0 Å². The predicted molar refractivity (Wildman–Crippen MR) is 142 cm³/mol. The molecule has 9 heteroatoms. The molecule has 1 amide bonds. The van der Waals surface area contributed by atoms with Crippen LogP contribution < -0.4 is 4.74 Å². The summed E-state index contributed by atoms with van der Waals surface area (Å²) in [5.41, 5.74) is 4.43. The van der Waals surface area contributed by atoms with Crippen molar-refractivity contribution in [3.8, 4) is 5.75 Å². The van der Waals surface area contributed by atoms with Gasteiger partial charge in [-0.2, -0.15) is 0 Å². The molecular weight excluding hydrogens is 528 g/mol. The highest BCUT2D eigenvalue weighted by Gasteiger charge is 2.49. The van der Waals surface area contributed by atoms with Crippen molar-refractivity contribution in [1.82, 2.24) is 19.7 Å². The third-order valence-corrected chi connectivity index (χ3v) is 8.26. The average molecular weight is 555 g/mol.